The molecule has 1 aromatic heterocycles. The Morgan fingerprint density at radius 3 is 2.55 bits per heavy atom. The van der Waals surface area contributed by atoms with Crippen molar-refractivity contribution >= 4 is 28.7 Å². The number of ether oxygens (including phenoxy) is 1. The first-order valence-corrected chi connectivity index (χ1v) is 6.85. The van der Waals surface area contributed by atoms with Gasteiger partial charge in [0.25, 0.3) is 0 Å². The minimum absolute atomic E-state index is 0.349. The van der Waals surface area contributed by atoms with Gasteiger partial charge < -0.3 is 15.8 Å². The molecule has 0 saturated carbocycles. The molecular formula is C15H17N3OS. The summed E-state index contributed by atoms with van der Waals surface area (Å²) in [5, 5.41) is 3.20. The molecule has 0 amide bonds. The third kappa shape index (κ3) is 3.93. The van der Waals surface area contributed by atoms with Crippen molar-refractivity contribution in [2.75, 3.05) is 11.9 Å². The van der Waals surface area contributed by atoms with Crippen molar-refractivity contribution in [3.05, 3.63) is 48.2 Å². The van der Waals surface area contributed by atoms with E-state index in [9.17, 15) is 0 Å². The van der Waals surface area contributed by atoms with E-state index in [2.05, 4.69) is 17.2 Å². The molecule has 0 radical (unpaired) electrons. The van der Waals surface area contributed by atoms with Crippen LogP contribution >= 0.6 is 12.2 Å². The lowest BCUT2D eigenvalue weighted by Gasteiger charge is -2.08. The first kappa shape index (κ1) is 14.3. The van der Waals surface area contributed by atoms with Crippen LogP contribution in [0.15, 0.2) is 42.6 Å². The Morgan fingerprint density at radius 2 is 2.00 bits per heavy atom. The summed E-state index contributed by atoms with van der Waals surface area (Å²) in [7, 11) is 0. The van der Waals surface area contributed by atoms with E-state index in [-0.39, 0.29) is 0 Å². The lowest BCUT2D eigenvalue weighted by atomic mass is 10.2. The van der Waals surface area contributed by atoms with Crippen molar-refractivity contribution in [1.29, 1.82) is 0 Å². The van der Waals surface area contributed by atoms with Gasteiger partial charge in [0.1, 0.15) is 16.6 Å². The van der Waals surface area contributed by atoms with Crippen molar-refractivity contribution in [3.63, 3.8) is 0 Å². The van der Waals surface area contributed by atoms with Crippen LogP contribution in [-0.2, 0) is 0 Å². The lowest BCUT2D eigenvalue weighted by Crippen LogP contribution is -2.09. The molecule has 0 atom stereocenters. The SMILES string of the molecule is CCCOc1ccc(Nc2ccc(C(N)=S)cn2)cc1. The molecular weight excluding hydrogens is 270 g/mol. The molecule has 0 spiro atoms. The van der Waals surface area contributed by atoms with E-state index in [1.54, 1.807) is 6.20 Å². The van der Waals surface area contributed by atoms with Gasteiger partial charge in [-0.1, -0.05) is 19.1 Å². The minimum Gasteiger partial charge on any atom is -0.494 e. The van der Waals surface area contributed by atoms with E-state index in [4.69, 9.17) is 22.7 Å². The second-order valence-electron chi connectivity index (χ2n) is 4.29. The Labute approximate surface area is 124 Å². The van der Waals surface area contributed by atoms with Gasteiger partial charge in [-0.25, -0.2) is 4.98 Å². The summed E-state index contributed by atoms with van der Waals surface area (Å²) in [5.41, 5.74) is 7.24. The number of nitrogens with two attached hydrogens (primary N) is 1. The number of thiocarbonyl (C=S) groups is 1. The van der Waals surface area contributed by atoms with Gasteiger partial charge in [0.2, 0.25) is 0 Å². The summed E-state index contributed by atoms with van der Waals surface area (Å²) in [6, 6.07) is 11.5. The Balaban J connectivity index is 2.00. The highest BCUT2D eigenvalue weighted by Gasteiger charge is 2.00. The highest BCUT2D eigenvalue weighted by Crippen LogP contribution is 2.19. The standard InChI is InChI=1S/C15H17N3OS/c1-2-9-19-13-6-4-12(5-7-13)18-14-8-3-11(10-17-14)15(16)20/h3-8,10H,2,9H2,1H3,(H2,16,20)(H,17,18). The van der Waals surface area contributed by atoms with Crippen LogP contribution in [0, 0.1) is 0 Å². The normalized spacial score (nSPS) is 10.1. The van der Waals surface area contributed by atoms with Crippen LogP contribution in [0.1, 0.15) is 18.9 Å². The number of nitrogens with one attached hydrogen (secondary N) is 1. The summed E-state index contributed by atoms with van der Waals surface area (Å²) in [5.74, 6) is 1.61. The number of anilines is 2. The fourth-order valence-electron chi connectivity index (χ4n) is 1.62. The van der Waals surface area contributed by atoms with Crippen molar-refractivity contribution in [2.45, 2.75) is 13.3 Å². The van der Waals surface area contributed by atoms with E-state index in [0.717, 1.165) is 35.8 Å². The maximum Gasteiger partial charge on any atom is 0.130 e. The van der Waals surface area contributed by atoms with E-state index in [1.807, 2.05) is 36.4 Å². The summed E-state index contributed by atoms with van der Waals surface area (Å²) in [4.78, 5) is 4.61. The van der Waals surface area contributed by atoms with E-state index in [1.165, 1.54) is 0 Å². The molecule has 5 heteroatoms. The van der Waals surface area contributed by atoms with Gasteiger partial charge in [-0.2, -0.15) is 0 Å². The van der Waals surface area contributed by atoms with Gasteiger partial charge in [0.15, 0.2) is 0 Å². The Hall–Kier alpha value is -2.14. The molecule has 1 aromatic carbocycles. The maximum atomic E-state index is 5.53. The minimum atomic E-state index is 0.349. The zero-order valence-corrected chi connectivity index (χ0v) is 12.1. The summed E-state index contributed by atoms with van der Waals surface area (Å²) in [6.45, 7) is 2.81. The molecule has 104 valence electrons. The van der Waals surface area contributed by atoms with Gasteiger partial charge in [-0.15, -0.1) is 0 Å². The zero-order valence-electron chi connectivity index (χ0n) is 11.3. The van der Waals surface area contributed by atoms with Gasteiger partial charge in [-0.3, -0.25) is 0 Å². The van der Waals surface area contributed by atoms with Crippen LogP contribution < -0.4 is 15.8 Å². The number of aromatic nitrogens is 1. The van der Waals surface area contributed by atoms with Crippen LogP contribution in [0.5, 0.6) is 5.75 Å². The Bertz CT molecular complexity index is 567. The monoisotopic (exact) mass is 287 g/mol. The molecule has 2 rings (SSSR count). The molecule has 3 N–H and O–H groups in total. The number of hydrogen-bond acceptors (Lipinski definition) is 4. The lowest BCUT2D eigenvalue weighted by molar-refractivity contribution is 0.317. The largest absolute Gasteiger partial charge is 0.494 e. The molecule has 20 heavy (non-hydrogen) atoms. The fourth-order valence-corrected chi connectivity index (χ4v) is 1.74. The van der Waals surface area contributed by atoms with Crippen LogP contribution in [0.2, 0.25) is 0 Å². The molecule has 4 nitrogen and oxygen atoms in total. The van der Waals surface area contributed by atoms with E-state index < -0.39 is 0 Å². The van der Waals surface area contributed by atoms with Gasteiger partial charge in [0, 0.05) is 17.4 Å². The number of pyridine rings is 1. The van der Waals surface area contributed by atoms with Crippen LogP contribution in [-0.4, -0.2) is 16.6 Å². The predicted octanol–water partition coefficient (Wildman–Crippen LogP) is 3.25. The smallest absolute Gasteiger partial charge is 0.130 e. The van der Waals surface area contributed by atoms with Gasteiger partial charge in [-0.05, 0) is 42.8 Å². The van der Waals surface area contributed by atoms with Crippen LogP contribution in [0.3, 0.4) is 0 Å². The van der Waals surface area contributed by atoms with Crippen molar-refractivity contribution in [2.24, 2.45) is 5.73 Å². The molecule has 0 fully saturated rings. The molecule has 0 bridgehead atoms. The van der Waals surface area contributed by atoms with Gasteiger partial charge >= 0.3 is 0 Å². The van der Waals surface area contributed by atoms with E-state index >= 15 is 0 Å². The highest BCUT2D eigenvalue weighted by molar-refractivity contribution is 7.80. The second kappa shape index (κ2) is 6.86. The Kier molecular flexibility index (Phi) is 4.90. The van der Waals surface area contributed by atoms with Crippen LogP contribution in [0.25, 0.3) is 0 Å². The van der Waals surface area contributed by atoms with Gasteiger partial charge in [0.05, 0.1) is 6.61 Å². The summed E-state index contributed by atoms with van der Waals surface area (Å²) < 4.78 is 5.53. The molecule has 0 aliphatic carbocycles. The topological polar surface area (TPSA) is 60.2 Å². The Morgan fingerprint density at radius 1 is 1.25 bits per heavy atom. The molecule has 1 heterocycles. The first-order valence-electron chi connectivity index (χ1n) is 6.45. The highest BCUT2D eigenvalue weighted by atomic mass is 32.1. The average Bonchev–Trinajstić information content (AvgIpc) is 2.47. The third-order valence-corrected chi connectivity index (χ3v) is 2.88. The first-order chi connectivity index (χ1) is 9.69. The van der Waals surface area contributed by atoms with Crippen LogP contribution in [0.4, 0.5) is 11.5 Å². The molecule has 0 saturated heterocycles. The molecule has 2 aromatic rings. The molecule has 0 unspecified atom stereocenters. The van der Waals surface area contributed by atoms with Crippen molar-refractivity contribution < 1.29 is 4.74 Å². The number of rotatable bonds is 6. The summed E-state index contributed by atoms with van der Waals surface area (Å²) >= 11 is 4.89. The average molecular weight is 287 g/mol. The predicted molar refractivity (Wildman–Crippen MR) is 85.6 cm³/mol. The molecule has 0 aliphatic rings. The zero-order chi connectivity index (χ0) is 14.4. The van der Waals surface area contributed by atoms with E-state index in [0.29, 0.717) is 4.99 Å². The number of hydrogen-bond donors (Lipinski definition) is 2. The number of benzene rings is 1. The molecule has 0 aliphatic heterocycles. The quantitative estimate of drug-likeness (QED) is 0.799. The third-order valence-electron chi connectivity index (χ3n) is 2.65. The summed E-state index contributed by atoms with van der Waals surface area (Å²) in [6.07, 6.45) is 2.66. The van der Waals surface area contributed by atoms with Crippen molar-refractivity contribution in [1.82, 2.24) is 4.98 Å². The number of nitrogens with zero attached hydrogens (tertiary/aromatic N) is 1. The maximum absolute atomic E-state index is 5.53. The fraction of sp³-hybridized carbons (Fsp3) is 0.200. The van der Waals surface area contributed by atoms with Crippen molar-refractivity contribution in [3.8, 4) is 5.75 Å². The second-order valence-corrected chi connectivity index (χ2v) is 4.73.